The number of hydrogen-bond acceptors (Lipinski definition) is 0. The Morgan fingerprint density at radius 2 is 1.50 bits per heavy atom. The van der Waals surface area contributed by atoms with Gasteiger partial charge in [-0.05, 0) is 20.3 Å². The first kappa shape index (κ1) is 10.8. The molecule has 0 unspecified atom stereocenters. The second-order valence-electron chi connectivity index (χ2n) is 2.27. The second kappa shape index (κ2) is 6.48. The van der Waals surface area contributed by atoms with Crippen molar-refractivity contribution in [3.05, 3.63) is 23.3 Å². The van der Waals surface area contributed by atoms with Gasteiger partial charge in [0, 0.05) is 0 Å². The summed E-state index contributed by atoms with van der Waals surface area (Å²) in [5.74, 6) is 0. The number of allylic oxidation sites excluding steroid dienone is 4. The van der Waals surface area contributed by atoms with Gasteiger partial charge in [0.1, 0.15) is 0 Å². The fourth-order valence-electron chi connectivity index (χ4n) is 0.842. The van der Waals surface area contributed by atoms with E-state index in [1.54, 1.807) is 0 Å². The topological polar surface area (TPSA) is 0 Å². The number of hydrogen-bond donors (Lipinski definition) is 0. The molecule has 10 heavy (non-hydrogen) atoms. The Hall–Kier alpha value is 0.774. The van der Waals surface area contributed by atoms with Gasteiger partial charge < -0.3 is 0 Å². The third kappa shape index (κ3) is 5.55. The van der Waals surface area contributed by atoms with Crippen molar-refractivity contribution in [3.8, 4) is 0 Å². The van der Waals surface area contributed by atoms with E-state index in [-0.39, 0.29) is 0 Å². The molecule has 0 nitrogen and oxygen atoms in total. The standard InChI is InChI=1S/C7H10.2ClH.Ti/c1-6-3-4-7(2)5-6;;;/h3-4H,5H2,1-2H3;2*1H;/q;;;+2/p-2. The van der Waals surface area contributed by atoms with Gasteiger partial charge in [-0.3, -0.25) is 0 Å². The zero-order chi connectivity index (χ0) is 7.98. The Labute approximate surface area is 79.0 Å². The van der Waals surface area contributed by atoms with Crippen LogP contribution in [0.15, 0.2) is 23.3 Å². The van der Waals surface area contributed by atoms with E-state index in [1.807, 2.05) is 0 Å². The molecule has 0 radical (unpaired) electrons. The van der Waals surface area contributed by atoms with Crippen molar-refractivity contribution in [2.24, 2.45) is 0 Å². The van der Waals surface area contributed by atoms with E-state index in [1.165, 1.54) is 17.6 Å². The average molecular weight is 213 g/mol. The van der Waals surface area contributed by atoms with E-state index in [2.05, 4.69) is 26.0 Å². The molecular formula is C7H10Cl2Ti. The van der Waals surface area contributed by atoms with Crippen LogP contribution in [0.5, 0.6) is 0 Å². The zero-order valence-corrected chi connectivity index (χ0v) is 9.19. The summed E-state index contributed by atoms with van der Waals surface area (Å²) in [6.45, 7) is 4.32. The van der Waals surface area contributed by atoms with Crippen LogP contribution in [-0.2, 0) is 17.0 Å². The summed E-state index contributed by atoms with van der Waals surface area (Å²) in [5.41, 5.74) is 2.97. The minimum absolute atomic E-state index is 0.556. The molecule has 3 heteroatoms. The predicted octanol–water partition coefficient (Wildman–Crippen LogP) is 3.66. The summed E-state index contributed by atoms with van der Waals surface area (Å²) in [4.78, 5) is 0. The van der Waals surface area contributed by atoms with Crippen LogP contribution in [0, 0.1) is 0 Å². The fraction of sp³-hybridized carbons (Fsp3) is 0.429. The quantitative estimate of drug-likeness (QED) is 0.538. The van der Waals surface area contributed by atoms with Crippen LogP contribution in [0.25, 0.3) is 0 Å². The van der Waals surface area contributed by atoms with Gasteiger partial charge in [-0.1, -0.05) is 23.3 Å². The summed E-state index contributed by atoms with van der Waals surface area (Å²) in [6.07, 6.45) is 5.55. The molecule has 0 fully saturated rings. The molecule has 0 heterocycles. The Morgan fingerprint density at radius 3 is 1.60 bits per heavy atom. The normalized spacial score (nSPS) is 14.8. The first-order valence-corrected chi connectivity index (χ1v) is 7.29. The molecule has 0 spiro atoms. The van der Waals surface area contributed by atoms with E-state index < -0.39 is 17.0 Å². The molecule has 1 rings (SSSR count). The maximum absolute atomic E-state index is 4.89. The van der Waals surface area contributed by atoms with Crippen molar-refractivity contribution >= 4 is 18.6 Å². The third-order valence-corrected chi connectivity index (χ3v) is 1.21. The Kier molecular flexibility index (Phi) is 6.98. The van der Waals surface area contributed by atoms with E-state index in [0.29, 0.717) is 0 Å². The van der Waals surface area contributed by atoms with Crippen LogP contribution in [0.3, 0.4) is 0 Å². The van der Waals surface area contributed by atoms with Crippen molar-refractivity contribution in [2.45, 2.75) is 20.3 Å². The Morgan fingerprint density at radius 1 is 1.20 bits per heavy atom. The summed E-state index contributed by atoms with van der Waals surface area (Å²) < 4.78 is 0. The van der Waals surface area contributed by atoms with Crippen LogP contribution < -0.4 is 0 Å². The fourth-order valence-corrected chi connectivity index (χ4v) is 0.842. The molecule has 56 valence electrons. The maximum atomic E-state index is 4.89. The van der Waals surface area contributed by atoms with Gasteiger partial charge in [0.25, 0.3) is 0 Å². The monoisotopic (exact) mass is 212 g/mol. The molecule has 0 aromatic carbocycles. The summed E-state index contributed by atoms with van der Waals surface area (Å²) in [7, 11) is 9.78. The molecule has 0 saturated heterocycles. The zero-order valence-electron chi connectivity index (χ0n) is 6.12. The van der Waals surface area contributed by atoms with Crippen LogP contribution >= 0.6 is 18.6 Å². The summed E-state index contributed by atoms with van der Waals surface area (Å²) in [5, 5.41) is 0. The second-order valence-corrected chi connectivity index (χ2v) is 4.85. The van der Waals surface area contributed by atoms with Crippen LogP contribution in [0.4, 0.5) is 0 Å². The Bertz CT molecular complexity index is 134. The van der Waals surface area contributed by atoms with E-state index >= 15 is 0 Å². The van der Waals surface area contributed by atoms with E-state index in [0.717, 1.165) is 0 Å². The van der Waals surface area contributed by atoms with E-state index in [4.69, 9.17) is 18.6 Å². The molecule has 1 aliphatic carbocycles. The SMILES string of the molecule is CC1=CC=C(C)C1.[Cl][Ti][Cl]. The van der Waals surface area contributed by atoms with Crippen LogP contribution in [0.1, 0.15) is 20.3 Å². The minimum atomic E-state index is -0.556. The third-order valence-electron chi connectivity index (χ3n) is 1.21. The van der Waals surface area contributed by atoms with Crippen molar-refractivity contribution in [1.29, 1.82) is 0 Å². The molecule has 1 aliphatic rings. The predicted molar refractivity (Wildman–Crippen MR) is 43.8 cm³/mol. The average Bonchev–Trinajstić information content (AvgIpc) is 2.17. The molecule has 0 N–H and O–H groups in total. The van der Waals surface area contributed by atoms with Gasteiger partial charge in [0.05, 0.1) is 0 Å². The Balaban J connectivity index is 0.000000236. The molecule has 0 aromatic heterocycles. The first-order valence-electron chi connectivity index (χ1n) is 3.00. The molecule has 0 bridgehead atoms. The molecule has 0 aromatic rings. The van der Waals surface area contributed by atoms with E-state index in [9.17, 15) is 0 Å². The molecule has 0 atom stereocenters. The van der Waals surface area contributed by atoms with Gasteiger partial charge in [-0.15, -0.1) is 0 Å². The number of halogens is 2. The van der Waals surface area contributed by atoms with Crippen molar-refractivity contribution in [2.75, 3.05) is 0 Å². The molecule has 0 amide bonds. The molecule has 0 saturated carbocycles. The first-order chi connectivity index (χ1) is 4.70. The number of rotatable bonds is 0. The summed E-state index contributed by atoms with van der Waals surface area (Å²) >= 11 is -0.556. The van der Waals surface area contributed by atoms with Gasteiger partial charge in [-0.25, -0.2) is 0 Å². The van der Waals surface area contributed by atoms with Gasteiger partial charge in [-0.2, -0.15) is 0 Å². The van der Waals surface area contributed by atoms with Crippen molar-refractivity contribution in [3.63, 3.8) is 0 Å². The summed E-state index contributed by atoms with van der Waals surface area (Å²) in [6, 6.07) is 0. The van der Waals surface area contributed by atoms with Gasteiger partial charge in [0.2, 0.25) is 0 Å². The van der Waals surface area contributed by atoms with Crippen molar-refractivity contribution in [1.82, 2.24) is 0 Å². The van der Waals surface area contributed by atoms with Gasteiger partial charge in [0.15, 0.2) is 0 Å². The van der Waals surface area contributed by atoms with Crippen LogP contribution in [-0.4, -0.2) is 0 Å². The molecular weight excluding hydrogens is 203 g/mol. The van der Waals surface area contributed by atoms with Crippen molar-refractivity contribution < 1.29 is 17.0 Å². The van der Waals surface area contributed by atoms with Crippen LogP contribution in [0.2, 0.25) is 0 Å². The molecule has 0 aliphatic heterocycles. The van der Waals surface area contributed by atoms with Gasteiger partial charge >= 0.3 is 35.6 Å².